The normalized spacial score (nSPS) is 19.9. The molecule has 26 heavy (non-hydrogen) atoms. The molecule has 1 saturated heterocycles. The molecule has 2 heterocycles. The molecule has 0 aromatic carbocycles. The van der Waals surface area contributed by atoms with Crippen molar-refractivity contribution in [3.8, 4) is 0 Å². The summed E-state index contributed by atoms with van der Waals surface area (Å²) in [5.41, 5.74) is -2.03. The van der Waals surface area contributed by atoms with Gasteiger partial charge >= 0.3 is 12.1 Å². The van der Waals surface area contributed by atoms with Gasteiger partial charge in [-0.15, -0.1) is 0 Å². The quantitative estimate of drug-likeness (QED) is 0.824. The summed E-state index contributed by atoms with van der Waals surface area (Å²) in [6, 6.07) is 0.840. The molecule has 1 aliphatic carbocycles. The number of hydrogen-bond donors (Lipinski definition) is 2. The van der Waals surface area contributed by atoms with Gasteiger partial charge in [0.15, 0.2) is 0 Å². The van der Waals surface area contributed by atoms with Gasteiger partial charge in [0.05, 0.1) is 10.6 Å². The van der Waals surface area contributed by atoms with Crippen LogP contribution in [0.4, 0.5) is 19.0 Å². The van der Waals surface area contributed by atoms with E-state index in [0.29, 0.717) is 38.8 Å². The Balaban J connectivity index is 1.60. The molecule has 3 rings (SSSR count). The first-order valence-corrected chi connectivity index (χ1v) is 8.53. The van der Waals surface area contributed by atoms with Crippen molar-refractivity contribution in [2.45, 2.75) is 37.4 Å². The molecule has 6 nitrogen and oxygen atoms in total. The van der Waals surface area contributed by atoms with Gasteiger partial charge in [-0.1, -0.05) is 11.6 Å². The molecule has 10 heteroatoms. The van der Waals surface area contributed by atoms with Gasteiger partial charge in [0.1, 0.15) is 11.4 Å². The van der Waals surface area contributed by atoms with Gasteiger partial charge in [-0.3, -0.25) is 4.79 Å². The fourth-order valence-corrected chi connectivity index (χ4v) is 3.31. The lowest BCUT2D eigenvalue weighted by atomic mass is 9.95. The average Bonchev–Trinajstić information content (AvgIpc) is 3.35. The molecule has 1 aromatic rings. The monoisotopic (exact) mass is 391 g/mol. The van der Waals surface area contributed by atoms with Crippen LogP contribution in [0.25, 0.3) is 0 Å². The summed E-state index contributed by atoms with van der Waals surface area (Å²) in [5, 5.41) is 11.6. The molecule has 2 aliphatic rings. The maximum atomic E-state index is 12.7. The van der Waals surface area contributed by atoms with Gasteiger partial charge in [0, 0.05) is 25.2 Å². The summed E-state index contributed by atoms with van der Waals surface area (Å²) in [6.45, 7) is 0.798. The summed E-state index contributed by atoms with van der Waals surface area (Å²) >= 11 is 5.95. The number of aliphatic carboxylic acids is 1. The van der Waals surface area contributed by atoms with E-state index in [4.69, 9.17) is 16.7 Å². The van der Waals surface area contributed by atoms with Crippen LogP contribution in [-0.4, -0.2) is 40.6 Å². The number of amides is 1. The number of alkyl halides is 3. The van der Waals surface area contributed by atoms with Crippen molar-refractivity contribution < 1.29 is 27.9 Å². The van der Waals surface area contributed by atoms with E-state index in [1.54, 1.807) is 4.90 Å². The number of carbonyl (C=O) groups is 2. The van der Waals surface area contributed by atoms with Crippen LogP contribution < -0.4 is 10.2 Å². The minimum Gasteiger partial charge on any atom is -0.480 e. The van der Waals surface area contributed by atoms with Gasteiger partial charge in [-0.05, 0) is 31.7 Å². The van der Waals surface area contributed by atoms with Crippen LogP contribution >= 0.6 is 11.6 Å². The molecule has 1 amide bonds. The van der Waals surface area contributed by atoms with Crippen molar-refractivity contribution in [1.29, 1.82) is 0 Å². The van der Waals surface area contributed by atoms with Gasteiger partial charge in [0.2, 0.25) is 5.91 Å². The highest BCUT2D eigenvalue weighted by molar-refractivity contribution is 6.33. The zero-order chi connectivity index (χ0) is 19.1. The van der Waals surface area contributed by atoms with Crippen LogP contribution in [0.2, 0.25) is 5.02 Å². The van der Waals surface area contributed by atoms with Crippen LogP contribution in [0.3, 0.4) is 0 Å². The van der Waals surface area contributed by atoms with Crippen molar-refractivity contribution in [1.82, 2.24) is 10.3 Å². The number of nitrogens with one attached hydrogen (secondary N) is 1. The Bertz CT molecular complexity index is 729. The lowest BCUT2D eigenvalue weighted by Crippen LogP contribution is -2.48. The largest absolute Gasteiger partial charge is 0.480 e. The van der Waals surface area contributed by atoms with E-state index in [9.17, 15) is 22.8 Å². The number of pyridine rings is 1. The number of nitrogens with zero attached hydrogens (tertiary/aromatic N) is 2. The molecule has 1 saturated carbocycles. The first-order chi connectivity index (χ1) is 12.1. The maximum absolute atomic E-state index is 12.7. The second-order valence-corrected chi connectivity index (χ2v) is 7.07. The highest BCUT2D eigenvalue weighted by atomic mass is 35.5. The van der Waals surface area contributed by atoms with Gasteiger partial charge < -0.3 is 15.3 Å². The Morgan fingerprint density at radius 3 is 2.38 bits per heavy atom. The topological polar surface area (TPSA) is 82.5 Å². The molecule has 2 N–H and O–H groups in total. The van der Waals surface area contributed by atoms with Crippen molar-refractivity contribution >= 4 is 29.3 Å². The van der Waals surface area contributed by atoms with E-state index in [0.717, 1.165) is 12.3 Å². The Kier molecular flexibility index (Phi) is 4.76. The minimum absolute atomic E-state index is 0.0921. The van der Waals surface area contributed by atoms with Gasteiger partial charge in [-0.2, -0.15) is 13.2 Å². The second-order valence-electron chi connectivity index (χ2n) is 6.67. The highest BCUT2D eigenvalue weighted by Crippen LogP contribution is 2.37. The van der Waals surface area contributed by atoms with Crippen LogP contribution in [0.1, 0.15) is 31.2 Å². The molecule has 0 atom stereocenters. The van der Waals surface area contributed by atoms with Gasteiger partial charge in [0.25, 0.3) is 0 Å². The molecule has 142 valence electrons. The van der Waals surface area contributed by atoms with E-state index in [1.165, 1.54) is 0 Å². The first kappa shape index (κ1) is 18.8. The van der Waals surface area contributed by atoms with E-state index >= 15 is 0 Å². The molecule has 2 fully saturated rings. The summed E-state index contributed by atoms with van der Waals surface area (Å²) < 4.78 is 38.0. The van der Waals surface area contributed by atoms with Crippen molar-refractivity contribution in [3.63, 3.8) is 0 Å². The third kappa shape index (κ3) is 3.72. The number of piperidine rings is 1. The van der Waals surface area contributed by atoms with Crippen LogP contribution in [-0.2, 0) is 15.8 Å². The molecule has 0 spiro atoms. The molecule has 0 bridgehead atoms. The molecule has 0 unspecified atom stereocenters. The predicted octanol–water partition coefficient (Wildman–Crippen LogP) is 2.70. The summed E-state index contributed by atoms with van der Waals surface area (Å²) in [5.74, 6) is -1.40. The van der Waals surface area contributed by atoms with Crippen LogP contribution in [0, 0.1) is 5.92 Å². The van der Waals surface area contributed by atoms with Crippen LogP contribution in [0.5, 0.6) is 0 Å². The number of aromatic nitrogens is 1. The van der Waals surface area contributed by atoms with Crippen molar-refractivity contribution in [2.75, 3.05) is 18.0 Å². The standard InChI is InChI=1S/C16H17ClF3N3O3/c17-11-7-10(16(18,19)20)8-21-12(11)23-5-1-9(2-6-23)13(24)22-15(3-4-15)14(25)26/h7-9H,1-6H2,(H,22,24)(H,25,26). The van der Waals surface area contributed by atoms with E-state index in [2.05, 4.69) is 10.3 Å². The fraction of sp³-hybridized carbons (Fsp3) is 0.562. The number of carbonyl (C=O) groups excluding carboxylic acids is 1. The number of carboxylic acid groups (broad SMARTS) is 1. The highest BCUT2D eigenvalue weighted by Gasteiger charge is 2.52. The predicted molar refractivity (Wildman–Crippen MR) is 86.9 cm³/mol. The van der Waals surface area contributed by atoms with Crippen molar-refractivity contribution in [2.24, 2.45) is 5.92 Å². The average molecular weight is 392 g/mol. The second kappa shape index (κ2) is 6.61. The fourth-order valence-electron chi connectivity index (χ4n) is 3.03. The third-order valence-electron chi connectivity index (χ3n) is 4.84. The zero-order valence-corrected chi connectivity index (χ0v) is 14.4. The number of carboxylic acids is 1. The van der Waals surface area contributed by atoms with E-state index in [1.807, 2.05) is 0 Å². The number of anilines is 1. The SMILES string of the molecule is O=C(NC1(C(=O)O)CC1)C1CCN(c2ncc(C(F)(F)F)cc2Cl)CC1. The third-order valence-corrected chi connectivity index (χ3v) is 5.11. The Morgan fingerprint density at radius 2 is 1.92 bits per heavy atom. The first-order valence-electron chi connectivity index (χ1n) is 8.15. The smallest absolute Gasteiger partial charge is 0.417 e. The summed E-state index contributed by atoms with van der Waals surface area (Å²) in [4.78, 5) is 29.0. The molecular weight excluding hydrogens is 375 g/mol. The zero-order valence-electron chi connectivity index (χ0n) is 13.6. The summed E-state index contributed by atoms with van der Waals surface area (Å²) in [6.07, 6.45) is -2.02. The Hall–Kier alpha value is -2.03. The molecule has 1 aliphatic heterocycles. The van der Waals surface area contributed by atoms with Crippen LogP contribution in [0.15, 0.2) is 12.3 Å². The molecular formula is C16H17ClF3N3O3. The number of halogens is 4. The lowest BCUT2D eigenvalue weighted by Gasteiger charge is -2.33. The Morgan fingerprint density at radius 1 is 1.31 bits per heavy atom. The number of hydrogen-bond acceptors (Lipinski definition) is 4. The van der Waals surface area contributed by atoms with Gasteiger partial charge in [-0.25, -0.2) is 9.78 Å². The Labute approximate surface area is 152 Å². The van der Waals surface area contributed by atoms with Crippen molar-refractivity contribution in [3.05, 3.63) is 22.8 Å². The minimum atomic E-state index is -4.51. The lowest BCUT2D eigenvalue weighted by molar-refractivity contribution is -0.144. The molecule has 0 radical (unpaired) electrons. The van der Waals surface area contributed by atoms with E-state index < -0.39 is 23.2 Å². The number of rotatable bonds is 4. The summed E-state index contributed by atoms with van der Waals surface area (Å²) in [7, 11) is 0. The molecule has 1 aromatic heterocycles. The van der Waals surface area contributed by atoms with E-state index in [-0.39, 0.29) is 22.7 Å². The maximum Gasteiger partial charge on any atom is 0.417 e.